The van der Waals surface area contributed by atoms with E-state index in [0.717, 1.165) is 11.3 Å². The SMILES string of the molecule is C=NC=Nc1ccc(C)cc1C. The minimum atomic E-state index is 0.952. The van der Waals surface area contributed by atoms with E-state index in [2.05, 4.69) is 29.7 Å². The van der Waals surface area contributed by atoms with Gasteiger partial charge in [0, 0.05) is 0 Å². The molecule has 0 amide bonds. The molecular formula is C10H12N2. The Morgan fingerprint density at radius 3 is 2.67 bits per heavy atom. The summed E-state index contributed by atoms with van der Waals surface area (Å²) in [6.07, 6.45) is 1.46. The lowest BCUT2D eigenvalue weighted by Gasteiger charge is -1.99. The summed E-state index contributed by atoms with van der Waals surface area (Å²) < 4.78 is 0. The smallest absolute Gasteiger partial charge is 0.115 e. The van der Waals surface area contributed by atoms with Gasteiger partial charge in [0.1, 0.15) is 6.34 Å². The van der Waals surface area contributed by atoms with Crippen molar-refractivity contribution >= 4 is 18.7 Å². The Morgan fingerprint density at radius 1 is 1.33 bits per heavy atom. The standard InChI is InChI=1S/C10H12N2/c1-8-4-5-10(9(2)6-8)12-7-11-3/h4-7H,3H2,1-2H3. The molecule has 2 nitrogen and oxygen atoms in total. The van der Waals surface area contributed by atoms with E-state index in [-0.39, 0.29) is 0 Å². The molecule has 0 spiro atoms. The normalized spacial score (nSPS) is 10.5. The number of nitrogens with zero attached hydrogens (tertiary/aromatic N) is 2. The minimum absolute atomic E-state index is 0.952. The van der Waals surface area contributed by atoms with Crippen molar-refractivity contribution in [2.75, 3.05) is 0 Å². The fourth-order valence-electron chi connectivity index (χ4n) is 1.05. The maximum Gasteiger partial charge on any atom is 0.115 e. The Kier molecular flexibility index (Phi) is 2.75. The van der Waals surface area contributed by atoms with Gasteiger partial charge in [0.2, 0.25) is 0 Å². The van der Waals surface area contributed by atoms with Gasteiger partial charge in [0.25, 0.3) is 0 Å². The first-order valence-corrected chi connectivity index (χ1v) is 3.79. The van der Waals surface area contributed by atoms with Gasteiger partial charge in [-0.15, -0.1) is 0 Å². The summed E-state index contributed by atoms with van der Waals surface area (Å²) >= 11 is 0. The van der Waals surface area contributed by atoms with Crippen molar-refractivity contribution in [1.82, 2.24) is 0 Å². The Hall–Kier alpha value is -1.44. The predicted octanol–water partition coefficient (Wildman–Crippen LogP) is 2.66. The van der Waals surface area contributed by atoms with Gasteiger partial charge in [-0.3, -0.25) is 4.99 Å². The third kappa shape index (κ3) is 2.02. The van der Waals surface area contributed by atoms with Crippen molar-refractivity contribution in [2.24, 2.45) is 9.98 Å². The van der Waals surface area contributed by atoms with Gasteiger partial charge in [-0.1, -0.05) is 17.7 Å². The summed E-state index contributed by atoms with van der Waals surface area (Å²) in [5.74, 6) is 0. The van der Waals surface area contributed by atoms with Crippen LogP contribution in [0, 0.1) is 13.8 Å². The van der Waals surface area contributed by atoms with E-state index < -0.39 is 0 Å². The van der Waals surface area contributed by atoms with E-state index in [1.54, 1.807) is 0 Å². The van der Waals surface area contributed by atoms with Crippen molar-refractivity contribution in [3.8, 4) is 0 Å². The zero-order valence-electron chi connectivity index (χ0n) is 7.41. The van der Waals surface area contributed by atoms with E-state index in [1.807, 2.05) is 19.1 Å². The first kappa shape index (κ1) is 8.65. The Labute approximate surface area is 72.7 Å². The second-order valence-corrected chi connectivity index (χ2v) is 2.72. The molecule has 0 fully saturated rings. The number of hydrogen-bond donors (Lipinski definition) is 0. The molecule has 0 N–H and O–H groups in total. The van der Waals surface area contributed by atoms with E-state index in [1.165, 1.54) is 11.9 Å². The Balaban J connectivity index is 3.01. The Morgan fingerprint density at radius 2 is 2.08 bits per heavy atom. The Bertz CT molecular complexity index is 314. The van der Waals surface area contributed by atoms with Gasteiger partial charge in [-0.25, -0.2) is 4.99 Å². The number of aryl methyl sites for hydroxylation is 2. The highest BCUT2D eigenvalue weighted by molar-refractivity contribution is 5.67. The molecule has 0 bridgehead atoms. The van der Waals surface area contributed by atoms with Gasteiger partial charge < -0.3 is 0 Å². The second kappa shape index (κ2) is 3.81. The molecule has 0 heterocycles. The second-order valence-electron chi connectivity index (χ2n) is 2.72. The average Bonchev–Trinajstić information content (AvgIpc) is 2.03. The maximum absolute atomic E-state index is 4.11. The quantitative estimate of drug-likeness (QED) is 0.469. The highest BCUT2D eigenvalue weighted by atomic mass is 14.8. The van der Waals surface area contributed by atoms with Crippen LogP contribution in [0.3, 0.4) is 0 Å². The van der Waals surface area contributed by atoms with Crippen LogP contribution in [-0.4, -0.2) is 13.1 Å². The zero-order chi connectivity index (χ0) is 8.97. The highest BCUT2D eigenvalue weighted by Crippen LogP contribution is 2.18. The van der Waals surface area contributed by atoms with Crippen LogP contribution in [0.2, 0.25) is 0 Å². The lowest BCUT2D eigenvalue weighted by molar-refractivity contribution is 1.35. The summed E-state index contributed by atoms with van der Waals surface area (Å²) in [7, 11) is 0. The number of aliphatic imine (C=N–C) groups is 2. The molecule has 1 rings (SSSR count). The number of hydrogen-bond acceptors (Lipinski definition) is 1. The molecule has 0 aliphatic rings. The molecule has 0 saturated carbocycles. The molecule has 0 saturated heterocycles. The molecule has 0 atom stereocenters. The molecule has 2 heteroatoms. The van der Waals surface area contributed by atoms with Crippen molar-refractivity contribution in [1.29, 1.82) is 0 Å². The molecule has 1 aromatic carbocycles. The van der Waals surface area contributed by atoms with Gasteiger partial charge >= 0.3 is 0 Å². The first-order valence-electron chi connectivity index (χ1n) is 3.79. The van der Waals surface area contributed by atoms with Crippen molar-refractivity contribution in [3.05, 3.63) is 29.3 Å². The van der Waals surface area contributed by atoms with Crippen LogP contribution >= 0.6 is 0 Å². The van der Waals surface area contributed by atoms with Crippen molar-refractivity contribution in [3.63, 3.8) is 0 Å². The number of benzene rings is 1. The topological polar surface area (TPSA) is 24.7 Å². The molecule has 0 aliphatic heterocycles. The van der Waals surface area contributed by atoms with Crippen LogP contribution in [0.4, 0.5) is 5.69 Å². The van der Waals surface area contributed by atoms with E-state index in [9.17, 15) is 0 Å². The maximum atomic E-state index is 4.11. The fraction of sp³-hybridized carbons (Fsp3) is 0.200. The summed E-state index contributed by atoms with van der Waals surface area (Å²) in [5, 5.41) is 0. The first-order chi connectivity index (χ1) is 5.74. The minimum Gasteiger partial charge on any atom is -0.253 e. The van der Waals surface area contributed by atoms with Crippen LogP contribution < -0.4 is 0 Å². The van der Waals surface area contributed by atoms with Gasteiger partial charge in [-0.2, -0.15) is 0 Å². The molecule has 1 aromatic rings. The zero-order valence-corrected chi connectivity index (χ0v) is 7.41. The molecule has 0 aromatic heterocycles. The van der Waals surface area contributed by atoms with Crippen LogP contribution in [0.1, 0.15) is 11.1 Å². The van der Waals surface area contributed by atoms with E-state index in [0.29, 0.717) is 0 Å². The fourth-order valence-corrected chi connectivity index (χ4v) is 1.05. The van der Waals surface area contributed by atoms with Crippen molar-refractivity contribution in [2.45, 2.75) is 13.8 Å². The number of rotatable bonds is 2. The lowest BCUT2D eigenvalue weighted by atomic mass is 10.1. The lowest BCUT2D eigenvalue weighted by Crippen LogP contribution is -1.77. The van der Waals surface area contributed by atoms with E-state index in [4.69, 9.17) is 0 Å². The molecule has 12 heavy (non-hydrogen) atoms. The highest BCUT2D eigenvalue weighted by Gasteiger charge is 1.93. The summed E-state index contributed by atoms with van der Waals surface area (Å²) in [4.78, 5) is 7.66. The molecule has 0 radical (unpaired) electrons. The van der Waals surface area contributed by atoms with Gasteiger partial charge in [-0.05, 0) is 32.2 Å². The van der Waals surface area contributed by atoms with E-state index >= 15 is 0 Å². The van der Waals surface area contributed by atoms with Gasteiger partial charge in [0.05, 0.1) is 5.69 Å². The third-order valence-corrected chi connectivity index (χ3v) is 1.63. The van der Waals surface area contributed by atoms with Crippen LogP contribution in [0.15, 0.2) is 28.2 Å². The van der Waals surface area contributed by atoms with Crippen LogP contribution in [0.25, 0.3) is 0 Å². The predicted molar refractivity (Wildman–Crippen MR) is 53.6 cm³/mol. The summed E-state index contributed by atoms with van der Waals surface area (Å²) in [6.45, 7) is 7.42. The molecular weight excluding hydrogens is 148 g/mol. The summed E-state index contributed by atoms with van der Waals surface area (Å²) in [5.41, 5.74) is 3.36. The monoisotopic (exact) mass is 160 g/mol. The van der Waals surface area contributed by atoms with Crippen LogP contribution in [0.5, 0.6) is 0 Å². The molecule has 0 unspecified atom stereocenters. The van der Waals surface area contributed by atoms with Gasteiger partial charge in [0.15, 0.2) is 0 Å². The molecule has 62 valence electrons. The van der Waals surface area contributed by atoms with Crippen molar-refractivity contribution < 1.29 is 0 Å². The average molecular weight is 160 g/mol. The largest absolute Gasteiger partial charge is 0.253 e. The summed E-state index contributed by atoms with van der Waals surface area (Å²) in [6, 6.07) is 6.10. The third-order valence-electron chi connectivity index (χ3n) is 1.63. The molecule has 0 aliphatic carbocycles. The van der Waals surface area contributed by atoms with Crippen LogP contribution in [-0.2, 0) is 0 Å².